The smallest absolute Gasteiger partial charge is 0.251 e. The Balaban J connectivity index is 1.33. The molecule has 1 aliphatic rings. The molecule has 2 heterocycles. The summed E-state index contributed by atoms with van der Waals surface area (Å²) in [5.74, 6) is 1.97. The van der Waals surface area contributed by atoms with Crippen LogP contribution in [0, 0.1) is 20.8 Å². The fourth-order valence-electron chi connectivity index (χ4n) is 4.25. The van der Waals surface area contributed by atoms with Crippen LogP contribution in [0.15, 0.2) is 42.5 Å². The number of hydrogen-bond donors (Lipinski definition) is 1. The summed E-state index contributed by atoms with van der Waals surface area (Å²) in [6, 6.07) is 14.5. The van der Waals surface area contributed by atoms with E-state index in [-0.39, 0.29) is 5.91 Å². The van der Waals surface area contributed by atoms with Crippen molar-refractivity contribution in [1.29, 1.82) is 0 Å². The molecule has 4 rings (SSSR count). The molecule has 6 heteroatoms. The molecular formula is C25H31N5O. The van der Waals surface area contributed by atoms with Crippen LogP contribution in [0.5, 0.6) is 0 Å². The third-order valence-corrected chi connectivity index (χ3v) is 6.11. The Bertz CT molecular complexity index is 1070. The van der Waals surface area contributed by atoms with Crippen molar-refractivity contribution in [2.45, 2.75) is 46.7 Å². The molecule has 0 saturated heterocycles. The van der Waals surface area contributed by atoms with Gasteiger partial charge in [0, 0.05) is 51.1 Å². The van der Waals surface area contributed by atoms with E-state index in [1.807, 2.05) is 32.0 Å². The molecule has 31 heavy (non-hydrogen) atoms. The maximum Gasteiger partial charge on any atom is 0.251 e. The summed E-state index contributed by atoms with van der Waals surface area (Å²) in [6.45, 7) is 10.5. The highest BCUT2D eigenvalue weighted by Crippen LogP contribution is 2.15. The Kier molecular flexibility index (Phi) is 6.47. The van der Waals surface area contributed by atoms with E-state index in [9.17, 15) is 4.79 Å². The van der Waals surface area contributed by atoms with Gasteiger partial charge in [-0.2, -0.15) is 0 Å². The van der Waals surface area contributed by atoms with Gasteiger partial charge >= 0.3 is 0 Å². The van der Waals surface area contributed by atoms with Crippen molar-refractivity contribution in [1.82, 2.24) is 25.0 Å². The molecule has 0 saturated carbocycles. The van der Waals surface area contributed by atoms with E-state index in [0.717, 1.165) is 60.9 Å². The zero-order chi connectivity index (χ0) is 21.8. The summed E-state index contributed by atoms with van der Waals surface area (Å²) in [4.78, 5) is 15.0. The third kappa shape index (κ3) is 5.02. The van der Waals surface area contributed by atoms with E-state index < -0.39 is 0 Å². The van der Waals surface area contributed by atoms with Crippen LogP contribution in [0.25, 0.3) is 0 Å². The zero-order valence-electron chi connectivity index (χ0n) is 18.7. The summed E-state index contributed by atoms with van der Waals surface area (Å²) in [7, 11) is 0. The Morgan fingerprint density at radius 1 is 1.00 bits per heavy atom. The molecule has 1 N–H and O–H groups in total. The first-order valence-corrected chi connectivity index (χ1v) is 11.0. The SMILES string of the molecule is Cc1ccc(C(=O)NCCc2nnc3n2CCN(Cc2ccccc2C)CC3)c(C)c1. The summed E-state index contributed by atoms with van der Waals surface area (Å²) in [5, 5.41) is 11.9. The second-order valence-corrected chi connectivity index (χ2v) is 8.46. The van der Waals surface area contributed by atoms with Crippen molar-refractivity contribution in [3.8, 4) is 0 Å². The molecule has 0 fully saturated rings. The summed E-state index contributed by atoms with van der Waals surface area (Å²) >= 11 is 0. The lowest BCUT2D eigenvalue weighted by molar-refractivity contribution is 0.0953. The van der Waals surface area contributed by atoms with Gasteiger partial charge in [0.1, 0.15) is 11.6 Å². The van der Waals surface area contributed by atoms with Gasteiger partial charge in [0.05, 0.1) is 0 Å². The van der Waals surface area contributed by atoms with Crippen LogP contribution < -0.4 is 5.32 Å². The van der Waals surface area contributed by atoms with Crippen LogP contribution in [0.4, 0.5) is 0 Å². The Labute approximate surface area is 184 Å². The molecule has 162 valence electrons. The molecular weight excluding hydrogens is 386 g/mol. The number of benzene rings is 2. The second kappa shape index (κ2) is 9.43. The zero-order valence-corrected chi connectivity index (χ0v) is 18.7. The van der Waals surface area contributed by atoms with Crippen molar-refractivity contribution >= 4 is 5.91 Å². The lowest BCUT2D eigenvalue weighted by Crippen LogP contribution is -2.28. The molecule has 0 spiro atoms. The number of nitrogens with zero attached hydrogens (tertiary/aromatic N) is 4. The molecule has 0 unspecified atom stereocenters. The lowest BCUT2D eigenvalue weighted by Gasteiger charge is -2.20. The van der Waals surface area contributed by atoms with Crippen LogP contribution >= 0.6 is 0 Å². The standard InChI is InChI=1S/C25H31N5O/c1-18-8-9-22(20(3)16-18)25(31)26-12-10-23-27-28-24-11-13-29(14-15-30(23)24)17-21-7-5-4-6-19(21)2/h4-9,16H,10-15,17H2,1-3H3,(H,26,31). The first kappa shape index (κ1) is 21.2. The van der Waals surface area contributed by atoms with E-state index in [0.29, 0.717) is 13.0 Å². The maximum atomic E-state index is 12.5. The number of aromatic nitrogens is 3. The van der Waals surface area contributed by atoms with Crippen LogP contribution in [0.3, 0.4) is 0 Å². The fourth-order valence-corrected chi connectivity index (χ4v) is 4.25. The summed E-state index contributed by atoms with van der Waals surface area (Å²) in [6.07, 6.45) is 1.58. The van der Waals surface area contributed by atoms with Crippen LogP contribution in [-0.4, -0.2) is 45.2 Å². The van der Waals surface area contributed by atoms with Crippen molar-refractivity contribution in [2.24, 2.45) is 0 Å². The number of fused-ring (bicyclic) bond motifs is 1. The van der Waals surface area contributed by atoms with Gasteiger partial charge in [-0.05, 0) is 43.5 Å². The van der Waals surface area contributed by atoms with Crippen molar-refractivity contribution in [3.63, 3.8) is 0 Å². The van der Waals surface area contributed by atoms with Gasteiger partial charge in [-0.1, -0.05) is 42.0 Å². The minimum atomic E-state index is -0.0301. The van der Waals surface area contributed by atoms with Gasteiger partial charge in [-0.25, -0.2) is 0 Å². The van der Waals surface area contributed by atoms with Gasteiger partial charge in [-0.15, -0.1) is 10.2 Å². The average Bonchev–Trinajstić information content (AvgIpc) is 3.01. The highest BCUT2D eigenvalue weighted by Gasteiger charge is 2.19. The molecule has 0 bridgehead atoms. The molecule has 2 aromatic carbocycles. The number of aryl methyl sites for hydroxylation is 3. The number of carbonyl (C=O) groups is 1. The molecule has 1 aliphatic heterocycles. The van der Waals surface area contributed by atoms with E-state index >= 15 is 0 Å². The van der Waals surface area contributed by atoms with E-state index in [1.165, 1.54) is 11.1 Å². The highest BCUT2D eigenvalue weighted by molar-refractivity contribution is 5.95. The minimum Gasteiger partial charge on any atom is -0.352 e. The van der Waals surface area contributed by atoms with Crippen molar-refractivity contribution in [2.75, 3.05) is 19.6 Å². The van der Waals surface area contributed by atoms with Gasteiger partial charge in [0.15, 0.2) is 0 Å². The van der Waals surface area contributed by atoms with Crippen LogP contribution in [0.1, 0.15) is 44.3 Å². The predicted octanol–water partition coefficient (Wildman–Crippen LogP) is 3.23. The molecule has 1 aromatic heterocycles. The normalized spacial score (nSPS) is 14.2. The Morgan fingerprint density at radius 2 is 1.84 bits per heavy atom. The quantitative estimate of drug-likeness (QED) is 0.669. The van der Waals surface area contributed by atoms with Crippen LogP contribution in [0.2, 0.25) is 0 Å². The lowest BCUT2D eigenvalue weighted by atomic mass is 10.1. The van der Waals surface area contributed by atoms with Gasteiger partial charge in [0.25, 0.3) is 5.91 Å². The molecule has 0 aliphatic carbocycles. The topological polar surface area (TPSA) is 63.1 Å². The fraction of sp³-hybridized carbons (Fsp3) is 0.400. The third-order valence-electron chi connectivity index (χ3n) is 6.11. The maximum absolute atomic E-state index is 12.5. The van der Waals surface area contributed by atoms with Gasteiger partial charge < -0.3 is 9.88 Å². The van der Waals surface area contributed by atoms with Crippen molar-refractivity contribution in [3.05, 3.63) is 81.9 Å². The first-order chi connectivity index (χ1) is 15.0. The van der Waals surface area contributed by atoms with Crippen LogP contribution in [-0.2, 0) is 25.9 Å². The van der Waals surface area contributed by atoms with Crippen molar-refractivity contribution < 1.29 is 4.79 Å². The number of amides is 1. The van der Waals surface area contributed by atoms with E-state index in [2.05, 4.69) is 56.2 Å². The van der Waals surface area contributed by atoms with Gasteiger partial charge in [-0.3, -0.25) is 9.69 Å². The first-order valence-electron chi connectivity index (χ1n) is 11.0. The molecule has 3 aromatic rings. The number of rotatable bonds is 6. The molecule has 0 atom stereocenters. The molecule has 0 radical (unpaired) electrons. The monoisotopic (exact) mass is 417 g/mol. The Morgan fingerprint density at radius 3 is 2.65 bits per heavy atom. The number of hydrogen-bond acceptors (Lipinski definition) is 4. The van der Waals surface area contributed by atoms with E-state index in [4.69, 9.17) is 0 Å². The van der Waals surface area contributed by atoms with Gasteiger partial charge in [0.2, 0.25) is 0 Å². The summed E-state index contributed by atoms with van der Waals surface area (Å²) in [5.41, 5.74) is 5.62. The highest BCUT2D eigenvalue weighted by atomic mass is 16.1. The predicted molar refractivity (Wildman–Crippen MR) is 122 cm³/mol. The Hall–Kier alpha value is -2.99. The second-order valence-electron chi connectivity index (χ2n) is 8.46. The van der Waals surface area contributed by atoms with E-state index in [1.54, 1.807) is 0 Å². The average molecular weight is 418 g/mol. The summed E-state index contributed by atoms with van der Waals surface area (Å²) < 4.78 is 2.24. The number of nitrogens with one attached hydrogen (secondary N) is 1. The largest absolute Gasteiger partial charge is 0.352 e. The molecule has 6 nitrogen and oxygen atoms in total. The minimum absolute atomic E-state index is 0.0301. The number of carbonyl (C=O) groups excluding carboxylic acids is 1. The molecule has 1 amide bonds.